The van der Waals surface area contributed by atoms with E-state index in [1.807, 2.05) is 6.92 Å². The second-order valence-electron chi connectivity index (χ2n) is 10.7. The van der Waals surface area contributed by atoms with Crippen LogP contribution in [0.25, 0.3) is 0 Å². The zero-order valence-corrected chi connectivity index (χ0v) is 25.9. The van der Waals surface area contributed by atoms with Gasteiger partial charge < -0.3 is 34.4 Å². The van der Waals surface area contributed by atoms with Gasteiger partial charge in [-0.05, 0) is 55.5 Å². The third-order valence-corrected chi connectivity index (χ3v) is 9.12. The minimum Gasteiger partial charge on any atom is -0.485 e. The van der Waals surface area contributed by atoms with Crippen LogP contribution in [0.5, 0.6) is 17.2 Å². The molecule has 234 valence electrons. The number of amides is 3. The molecule has 5 rings (SSSR count). The third-order valence-electron chi connectivity index (χ3n) is 7.48. The van der Waals surface area contributed by atoms with Crippen LogP contribution in [0.1, 0.15) is 24.2 Å². The standard InChI is InChI=1S/C30H33ClN4O8S/c1-18-14-35(19(2)16-36)29(37)23-5-4-6-24(33-44(39,40)22-10-7-20(31)8-11-22)28(23)43-27(18)15-34(3)30(38)32-21-9-12-25-26(13-21)42-17-41-25/h4-13,18-19,27,33,36H,14-17H2,1-3H3,(H,32,38)/t18-,19-,27-/m1/s1. The van der Waals surface area contributed by atoms with Crippen LogP contribution in [-0.4, -0.2) is 80.9 Å². The molecule has 3 aromatic rings. The minimum absolute atomic E-state index is 0.0197. The lowest BCUT2D eigenvalue weighted by molar-refractivity contribution is 0.0373. The summed E-state index contributed by atoms with van der Waals surface area (Å²) in [5.41, 5.74) is 0.676. The number of anilines is 2. The van der Waals surface area contributed by atoms with Crippen LogP contribution in [-0.2, 0) is 10.0 Å². The van der Waals surface area contributed by atoms with Crippen LogP contribution in [0.4, 0.5) is 16.2 Å². The van der Waals surface area contributed by atoms with Crippen molar-refractivity contribution < 1.29 is 37.3 Å². The SMILES string of the molecule is C[C@@H]1CN([C@H](C)CO)C(=O)c2cccc(NS(=O)(=O)c3ccc(Cl)cc3)c2O[C@@H]1CN(C)C(=O)Nc1ccc2c(c1)OCO2. The number of sulfonamides is 1. The van der Waals surface area contributed by atoms with E-state index in [9.17, 15) is 23.1 Å². The molecule has 0 saturated carbocycles. The van der Waals surface area contributed by atoms with Crippen molar-refractivity contribution in [2.24, 2.45) is 5.92 Å². The number of ether oxygens (including phenoxy) is 3. The first-order valence-corrected chi connectivity index (χ1v) is 15.7. The van der Waals surface area contributed by atoms with Crippen LogP contribution in [0.2, 0.25) is 5.02 Å². The van der Waals surface area contributed by atoms with Crippen LogP contribution in [0.3, 0.4) is 0 Å². The quantitative estimate of drug-likeness (QED) is 0.330. The second kappa shape index (κ2) is 12.8. The predicted octanol–water partition coefficient (Wildman–Crippen LogP) is 4.25. The number of aliphatic hydroxyl groups excluding tert-OH is 1. The summed E-state index contributed by atoms with van der Waals surface area (Å²) in [4.78, 5) is 29.9. The largest absolute Gasteiger partial charge is 0.485 e. The first kappa shape index (κ1) is 31.2. The molecule has 0 aromatic heterocycles. The molecule has 0 fully saturated rings. The Hall–Kier alpha value is -4.20. The highest BCUT2D eigenvalue weighted by molar-refractivity contribution is 7.92. The molecule has 14 heteroatoms. The van der Waals surface area contributed by atoms with E-state index in [1.54, 1.807) is 38.2 Å². The molecule has 2 heterocycles. The van der Waals surface area contributed by atoms with Crippen molar-refractivity contribution in [1.82, 2.24) is 9.80 Å². The Morgan fingerprint density at radius 3 is 2.59 bits per heavy atom. The van der Waals surface area contributed by atoms with Crippen molar-refractivity contribution >= 4 is 44.9 Å². The number of nitrogens with zero attached hydrogens (tertiary/aromatic N) is 2. The zero-order valence-electron chi connectivity index (χ0n) is 24.3. The Kier molecular flexibility index (Phi) is 9.09. The van der Waals surface area contributed by atoms with Gasteiger partial charge in [0.2, 0.25) is 6.79 Å². The van der Waals surface area contributed by atoms with E-state index in [1.165, 1.54) is 46.2 Å². The molecule has 2 aliphatic rings. The van der Waals surface area contributed by atoms with Gasteiger partial charge >= 0.3 is 6.03 Å². The molecule has 3 N–H and O–H groups in total. The summed E-state index contributed by atoms with van der Waals surface area (Å²) in [5.74, 6) is 0.378. The Morgan fingerprint density at radius 1 is 1.14 bits per heavy atom. The lowest BCUT2D eigenvalue weighted by Gasteiger charge is -2.38. The molecule has 3 amide bonds. The number of urea groups is 1. The van der Waals surface area contributed by atoms with Crippen LogP contribution in [0.15, 0.2) is 65.6 Å². The first-order valence-electron chi connectivity index (χ1n) is 13.9. The van der Waals surface area contributed by atoms with Gasteiger partial charge in [-0.25, -0.2) is 13.2 Å². The number of carbonyl (C=O) groups is 2. The molecule has 0 radical (unpaired) electrons. The second-order valence-corrected chi connectivity index (χ2v) is 12.9. The number of hydrogen-bond donors (Lipinski definition) is 3. The van der Waals surface area contributed by atoms with Gasteiger partial charge in [-0.2, -0.15) is 0 Å². The zero-order chi connectivity index (χ0) is 31.6. The molecule has 3 aromatic carbocycles. The van der Waals surface area contributed by atoms with Gasteiger partial charge in [0, 0.05) is 36.3 Å². The Labute approximate surface area is 260 Å². The number of aliphatic hydroxyl groups is 1. The first-order chi connectivity index (χ1) is 21.0. The topological polar surface area (TPSA) is 147 Å². The van der Waals surface area contributed by atoms with Crippen LogP contribution < -0.4 is 24.2 Å². The smallest absolute Gasteiger partial charge is 0.321 e. The summed E-state index contributed by atoms with van der Waals surface area (Å²) in [6, 6.07) is 14.4. The van der Waals surface area contributed by atoms with Gasteiger partial charge in [0.15, 0.2) is 17.2 Å². The van der Waals surface area contributed by atoms with E-state index in [0.717, 1.165) is 0 Å². The highest BCUT2D eigenvalue weighted by Crippen LogP contribution is 2.37. The van der Waals surface area contributed by atoms with Gasteiger partial charge in [-0.15, -0.1) is 0 Å². The Morgan fingerprint density at radius 2 is 1.86 bits per heavy atom. The minimum atomic E-state index is -4.09. The molecule has 2 aliphatic heterocycles. The fourth-order valence-electron chi connectivity index (χ4n) is 4.91. The summed E-state index contributed by atoms with van der Waals surface area (Å²) in [6.07, 6.45) is -0.677. The van der Waals surface area contributed by atoms with E-state index in [4.69, 9.17) is 25.8 Å². The molecule has 0 unspecified atom stereocenters. The monoisotopic (exact) mass is 644 g/mol. The summed E-state index contributed by atoms with van der Waals surface area (Å²) >= 11 is 5.94. The third kappa shape index (κ3) is 6.64. The van der Waals surface area contributed by atoms with Gasteiger partial charge in [0.25, 0.3) is 15.9 Å². The van der Waals surface area contributed by atoms with Gasteiger partial charge in [-0.3, -0.25) is 9.52 Å². The summed E-state index contributed by atoms with van der Waals surface area (Å²) in [5, 5.41) is 13.1. The van der Waals surface area contributed by atoms with E-state index < -0.39 is 34.1 Å². The fraction of sp³-hybridized carbons (Fsp3) is 0.333. The number of fused-ring (bicyclic) bond motifs is 2. The predicted molar refractivity (Wildman–Crippen MR) is 164 cm³/mol. The normalized spacial score (nSPS) is 18.4. The molecule has 44 heavy (non-hydrogen) atoms. The fourth-order valence-corrected chi connectivity index (χ4v) is 6.09. The van der Waals surface area contributed by atoms with Gasteiger partial charge in [0.05, 0.1) is 35.3 Å². The lowest BCUT2D eigenvalue weighted by Crippen LogP contribution is -2.50. The van der Waals surface area contributed by atoms with Crippen molar-refractivity contribution in [2.45, 2.75) is 30.9 Å². The number of halogens is 1. The maximum atomic E-state index is 13.7. The average molecular weight is 645 g/mol. The number of rotatable bonds is 8. The highest BCUT2D eigenvalue weighted by atomic mass is 35.5. The molecule has 0 bridgehead atoms. The Balaban J connectivity index is 1.44. The van der Waals surface area contributed by atoms with Crippen LogP contribution in [0, 0.1) is 5.92 Å². The maximum absolute atomic E-state index is 13.7. The molecule has 0 saturated heterocycles. The number of hydrogen-bond acceptors (Lipinski definition) is 8. The molecule has 0 spiro atoms. The van der Waals surface area contributed by atoms with Gasteiger partial charge in [-0.1, -0.05) is 24.6 Å². The van der Waals surface area contributed by atoms with Crippen molar-refractivity contribution in [3.05, 3.63) is 71.2 Å². The van der Waals surface area contributed by atoms with Crippen molar-refractivity contribution in [3.8, 4) is 17.2 Å². The number of para-hydroxylation sites is 1. The maximum Gasteiger partial charge on any atom is 0.321 e. The lowest BCUT2D eigenvalue weighted by atomic mass is 9.99. The summed E-state index contributed by atoms with van der Waals surface area (Å²) in [6.45, 7) is 3.73. The molecular formula is C30H33ClN4O8S. The number of carbonyl (C=O) groups excluding carboxylic acids is 2. The molecule has 12 nitrogen and oxygen atoms in total. The molecule has 3 atom stereocenters. The van der Waals surface area contributed by atoms with E-state index in [0.29, 0.717) is 22.2 Å². The number of nitrogens with one attached hydrogen (secondary N) is 2. The highest BCUT2D eigenvalue weighted by Gasteiger charge is 2.35. The van der Waals surface area contributed by atoms with Crippen molar-refractivity contribution in [1.29, 1.82) is 0 Å². The Bertz CT molecular complexity index is 1650. The molecular weight excluding hydrogens is 612 g/mol. The number of likely N-dealkylation sites (N-methyl/N-ethyl adjacent to an activating group) is 1. The summed E-state index contributed by atoms with van der Waals surface area (Å²) < 4.78 is 46.3. The van der Waals surface area contributed by atoms with Crippen molar-refractivity contribution in [2.75, 3.05) is 43.6 Å². The number of benzene rings is 3. The summed E-state index contributed by atoms with van der Waals surface area (Å²) in [7, 11) is -2.49. The average Bonchev–Trinajstić information content (AvgIpc) is 3.47. The van der Waals surface area contributed by atoms with E-state index in [2.05, 4.69) is 10.0 Å². The van der Waals surface area contributed by atoms with E-state index >= 15 is 0 Å². The molecule has 0 aliphatic carbocycles. The van der Waals surface area contributed by atoms with Gasteiger partial charge in [0.1, 0.15) is 6.10 Å². The van der Waals surface area contributed by atoms with Crippen LogP contribution >= 0.6 is 11.6 Å². The van der Waals surface area contributed by atoms with E-state index in [-0.39, 0.29) is 54.3 Å². The van der Waals surface area contributed by atoms with Crippen molar-refractivity contribution in [3.63, 3.8) is 0 Å².